The van der Waals surface area contributed by atoms with E-state index in [-0.39, 0.29) is 54.5 Å². The number of halogens is 3. The van der Waals surface area contributed by atoms with Crippen molar-refractivity contribution >= 4 is 23.4 Å². The highest BCUT2D eigenvalue weighted by Crippen LogP contribution is 2.42. The fourth-order valence-electron chi connectivity index (χ4n) is 2.62. The van der Waals surface area contributed by atoms with Gasteiger partial charge in [-0.3, -0.25) is 4.79 Å². The van der Waals surface area contributed by atoms with Crippen LogP contribution >= 0.6 is 0 Å². The molecule has 2 heterocycles. The summed E-state index contributed by atoms with van der Waals surface area (Å²) in [5.74, 6) is -0.239. The van der Waals surface area contributed by atoms with Gasteiger partial charge in [-0.05, 0) is 19.1 Å². The summed E-state index contributed by atoms with van der Waals surface area (Å²) in [4.78, 5) is 19.7. The molecule has 1 aromatic carbocycles. The van der Waals surface area contributed by atoms with Gasteiger partial charge in [-0.25, -0.2) is 4.98 Å². The van der Waals surface area contributed by atoms with Gasteiger partial charge in [0.2, 0.25) is 5.95 Å². The number of fused-ring (bicyclic) bond motifs is 1. The van der Waals surface area contributed by atoms with Gasteiger partial charge in [0.15, 0.2) is 11.5 Å². The van der Waals surface area contributed by atoms with Crippen LogP contribution in [0, 0.1) is 0 Å². The minimum Gasteiger partial charge on any atom is -0.485 e. The minimum atomic E-state index is -4.58. The van der Waals surface area contributed by atoms with Crippen LogP contribution in [0.1, 0.15) is 22.8 Å². The largest absolute Gasteiger partial charge is 0.485 e. The Bertz CT molecular complexity index is 889. The third-order valence-electron chi connectivity index (χ3n) is 3.84. The number of anilines is 3. The number of benzene rings is 1. The molecule has 150 valence electrons. The lowest BCUT2D eigenvalue weighted by Gasteiger charge is -2.23. The van der Waals surface area contributed by atoms with Gasteiger partial charge in [0.25, 0.3) is 5.91 Å². The second-order valence-electron chi connectivity index (χ2n) is 5.70. The average molecular weight is 397 g/mol. The zero-order valence-corrected chi connectivity index (χ0v) is 15.1. The Morgan fingerprint density at radius 1 is 1.21 bits per heavy atom. The summed E-state index contributed by atoms with van der Waals surface area (Å²) in [7, 11) is 1.49. The van der Waals surface area contributed by atoms with Crippen molar-refractivity contribution in [1.82, 2.24) is 15.3 Å². The molecule has 11 heteroatoms. The summed E-state index contributed by atoms with van der Waals surface area (Å²) in [5, 5.41) is 7.92. The van der Waals surface area contributed by atoms with Crippen LogP contribution in [-0.4, -0.2) is 42.7 Å². The van der Waals surface area contributed by atoms with Gasteiger partial charge in [-0.2, -0.15) is 18.2 Å². The van der Waals surface area contributed by atoms with Crippen LogP contribution < -0.4 is 25.4 Å². The Balaban J connectivity index is 1.98. The molecule has 1 aliphatic rings. The number of alkyl halides is 3. The Kier molecular flexibility index (Phi) is 5.43. The number of hydrogen-bond acceptors (Lipinski definition) is 7. The van der Waals surface area contributed by atoms with Crippen molar-refractivity contribution in [2.75, 3.05) is 37.4 Å². The molecule has 0 saturated heterocycles. The Labute approximate surface area is 158 Å². The highest BCUT2D eigenvalue weighted by atomic mass is 19.4. The Hall–Kier alpha value is -3.24. The zero-order chi connectivity index (χ0) is 20.3. The van der Waals surface area contributed by atoms with Gasteiger partial charge >= 0.3 is 6.18 Å². The lowest BCUT2D eigenvalue weighted by Crippen LogP contribution is -2.23. The highest BCUT2D eigenvalue weighted by molar-refractivity contribution is 5.99. The van der Waals surface area contributed by atoms with E-state index >= 15 is 0 Å². The first-order valence-corrected chi connectivity index (χ1v) is 8.45. The minimum absolute atomic E-state index is 0.0620. The number of carbonyl (C=O) groups excluding carboxylic acids is 1. The van der Waals surface area contributed by atoms with Crippen molar-refractivity contribution in [3.8, 4) is 11.5 Å². The van der Waals surface area contributed by atoms with Crippen LogP contribution in [0.25, 0.3) is 0 Å². The van der Waals surface area contributed by atoms with E-state index in [1.54, 1.807) is 13.0 Å². The summed E-state index contributed by atoms with van der Waals surface area (Å²) in [5.41, 5.74) is -0.314. The average Bonchev–Trinajstić information content (AvgIpc) is 2.67. The van der Waals surface area contributed by atoms with Gasteiger partial charge < -0.3 is 25.4 Å². The molecule has 2 aromatic rings. The number of carbonyl (C=O) groups is 1. The molecule has 0 saturated carbocycles. The summed E-state index contributed by atoms with van der Waals surface area (Å²) in [6, 6.07) is 3.07. The number of nitrogens with zero attached hydrogens (tertiary/aromatic N) is 2. The van der Waals surface area contributed by atoms with E-state index in [1.807, 2.05) is 0 Å². The molecular weight excluding hydrogens is 379 g/mol. The molecule has 28 heavy (non-hydrogen) atoms. The third-order valence-corrected chi connectivity index (χ3v) is 3.84. The predicted molar refractivity (Wildman–Crippen MR) is 95.3 cm³/mol. The van der Waals surface area contributed by atoms with Crippen LogP contribution in [0.4, 0.5) is 30.6 Å². The Morgan fingerprint density at radius 2 is 1.93 bits per heavy atom. The smallest absolute Gasteiger partial charge is 0.421 e. The van der Waals surface area contributed by atoms with Crippen molar-refractivity contribution < 1.29 is 27.4 Å². The lowest BCUT2D eigenvalue weighted by molar-refractivity contribution is -0.137. The molecule has 1 aliphatic heterocycles. The lowest BCUT2D eigenvalue weighted by atomic mass is 10.1. The van der Waals surface area contributed by atoms with E-state index in [0.717, 1.165) is 0 Å². The molecule has 0 fully saturated rings. The maximum Gasteiger partial charge on any atom is 0.421 e. The molecule has 0 bridgehead atoms. The second kappa shape index (κ2) is 7.79. The van der Waals surface area contributed by atoms with Crippen molar-refractivity contribution in [2.24, 2.45) is 0 Å². The van der Waals surface area contributed by atoms with Crippen molar-refractivity contribution in [1.29, 1.82) is 0 Å². The summed E-state index contributed by atoms with van der Waals surface area (Å²) >= 11 is 0. The molecule has 0 unspecified atom stereocenters. The topological polar surface area (TPSA) is 97.4 Å². The standard InChI is InChI=1S/C17H18F3N5O3/c1-3-22-14-10(17(18,19)20)8-23-16(25-14)24-11-5-4-9(15(26)21-2)12-13(11)28-7-6-27-12/h4-5,8H,3,6-7H2,1-2H3,(H,21,26)(H2,22,23,24,25). The number of ether oxygens (including phenoxy) is 2. The van der Waals surface area contributed by atoms with Gasteiger partial charge in [-0.1, -0.05) is 0 Å². The molecule has 8 nitrogen and oxygen atoms in total. The third kappa shape index (κ3) is 3.87. The van der Waals surface area contributed by atoms with Gasteiger partial charge in [0, 0.05) is 19.8 Å². The van der Waals surface area contributed by atoms with Crippen LogP contribution in [0.15, 0.2) is 18.3 Å². The Morgan fingerprint density at radius 3 is 2.57 bits per heavy atom. The predicted octanol–water partition coefficient (Wildman–Crippen LogP) is 2.80. The SMILES string of the molecule is CCNc1nc(Nc2ccc(C(=O)NC)c3c2OCCO3)ncc1C(F)(F)F. The van der Waals surface area contributed by atoms with E-state index in [1.165, 1.54) is 13.1 Å². The monoisotopic (exact) mass is 397 g/mol. The highest BCUT2D eigenvalue weighted by Gasteiger charge is 2.35. The fraction of sp³-hybridized carbons (Fsp3) is 0.353. The maximum atomic E-state index is 13.1. The number of rotatable bonds is 5. The van der Waals surface area contributed by atoms with E-state index in [9.17, 15) is 18.0 Å². The second-order valence-corrected chi connectivity index (χ2v) is 5.70. The van der Waals surface area contributed by atoms with Gasteiger partial charge in [0.1, 0.15) is 24.6 Å². The summed E-state index contributed by atoms with van der Waals surface area (Å²) < 4.78 is 50.4. The number of amides is 1. The normalized spacial score (nSPS) is 13.0. The molecular formula is C17H18F3N5O3. The number of nitrogens with one attached hydrogen (secondary N) is 3. The molecule has 0 atom stereocenters. The van der Waals surface area contributed by atoms with Crippen molar-refractivity contribution in [3.63, 3.8) is 0 Å². The molecule has 1 amide bonds. The number of hydrogen-bond donors (Lipinski definition) is 3. The van der Waals surface area contributed by atoms with E-state index < -0.39 is 11.7 Å². The first-order chi connectivity index (χ1) is 13.3. The zero-order valence-electron chi connectivity index (χ0n) is 15.1. The van der Waals surface area contributed by atoms with Crippen LogP contribution in [0.3, 0.4) is 0 Å². The van der Waals surface area contributed by atoms with Crippen molar-refractivity contribution in [3.05, 3.63) is 29.5 Å². The molecule has 1 aromatic heterocycles. The summed E-state index contributed by atoms with van der Waals surface area (Å²) in [6.07, 6.45) is -3.88. The van der Waals surface area contributed by atoms with Gasteiger partial charge in [0.05, 0.1) is 11.3 Å². The van der Waals surface area contributed by atoms with Crippen LogP contribution in [0.5, 0.6) is 11.5 Å². The first kappa shape index (κ1) is 19.5. The van der Waals surface area contributed by atoms with E-state index in [0.29, 0.717) is 11.9 Å². The molecule has 3 rings (SSSR count). The summed E-state index contributed by atoms with van der Waals surface area (Å²) in [6.45, 7) is 2.44. The van der Waals surface area contributed by atoms with E-state index in [4.69, 9.17) is 9.47 Å². The molecule has 3 N–H and O–H groups in total. The number of aromatic nitrogens is 2. The molecule has 0 spiro atoms. The molecule has 0 radical (unpaired) electrons. The first-order valence-electron chi connectivity index (χ1n) is 8.45. The fourth-order valence-corrected chi connectivity index (χ4v) is 2.62. The van der Waals surface area contributed by atoms with Gasteiger partial charge in [-0.15, -0.1) is 0 Å². The molecule has 0 aliphatic carbocycles. The van der Waals surface area contributed by atoms with Crippen LogP contribution in [-0.2, 0) is 6.18 Å². The maximum absolute atomic E-state index is 13.1. The quantitative estimate of drug-likeness (QED) is 0.714. The van der Waals surface area contributed by atoms with Crippen LogP contribution in [0.2, 0.25) is 0 Å². The van der Waals surface area contributed by atoms with E-state index in [2.05, 4.69) is 25.9 Å². The van der Waals surface area contributed by atoms with Crippen molar-refractivity contribution in [2.45, 2.75) is 13.1 Å².